The normalized spacial score (nSPS) is 11.0. The van der Waals surface area contributed by atoms with E-state index in [2.05, 4.69) is 52.1 Å². The number of unbranched alkanes of at least 4 members (excludes halogenated alkanes) is 1. The Balaban J connectivity index is 2.31. The summed E-state index contributed by atoms with van der Waals surface area (Å²) in [6.07, 6.45) is 2.27. The van der Waals surface area contributed by atoms with Gasteiger partial charge in [0.2, 0.25) is 0 Å². The number of benzene rings is 1. The molecule has 102 valence electrons. The Labute approximate surface area is 112 Å². The van der Waals surface area contributed by atoms with E-state index in [1.807, 2.05) is 0 Å². The Morgan fingerprint density at radius 2 is 1.83 bits per heavy atom. The average molecular weight is 249 g/mol. The van der Waals surface area contributed by atoms with Crippen LogP contribution in [-0.4, -0.2) is 19.2 Å². The van der Waals surface area contributed by atoms with Gasteiger partial charge in [0.25, 0.3) is 0 Å². The largest absolute Gasteiger partial charge is 0.493 e. The molecule has 0 atom stereocenters. The van der Waals surface area contributed by atoms with Crippen LogP contribution < -0.4 is 10.1 Å². The van der Waals surface area contributed by atoms with Gasteiger partial charge in [0.05, 0.1) is 6.61 Å². The molecule has 0 aliphatic rings. The molecule has 18 heavy (non-hydrogen) atoms. The van der Waals surface area contributed by atoms with Crippen molar-refractivity contribution in [3.05, 3.63) is 28.8 Å². The summed E-state index contributed by atoms with van der Waals surface area (Å²) >= 11 is 0. The predicted molar refractivity (Wildman–Crippen MR) is 78.5 cm³/mol. The van der Waals surface area contributed by atoms with E-state index >= 15 is 0 Å². The van der Waals surface area contributed by atoms with Crippen molar-refractivity contribution in [3.63, 3.8) is 0 Å². The first-order chi connectivity index (χ1) is 8.50. The quantitative estimate of drug-likeness (QED) is 0.743. The van der Waals surface area contributed by atoms with Gasteiger partial charge >= 0.3 is 0 Å². The summed E-state index contributed by atoms with van der Waals surface area (Å²) in [7, 11) is 0. The third-order valence-corrected chi connectivity index (χ3v) is 3.15. The van der Waals surface area contributed by atoms with Gasteiger partial charge in [-0.3, -0.25) is 0 Å². The average Bonchev–Trinajstić information content (AvgIpc) is 2.29. The zero-order valence-corrected chi connectivity index (χ0v) is 12.5. The summed E-state index contributed by atoms with van der Waals surface area (Å²) in [5.74, 6) is 1.05. The molecule has 0 saturated heterocycles. The summed E-state index contributed by atoms with van der Waals surface area (Å²) in [5.41, 5.74) is 3.85. The van der Waals surface area contributed by atoms with Crippen LogP contribution in [0.15, 0.2) is 12.1 Å². The first-order valence-electron chi connectivity index (χ1n) is 6.94. The summed E-state index contributed by atoms with van der Waals surface area (Å²) in [5, 5.41) is 3.42. The Morgan fingerprint density at radius 1 is 1.11 bits per heavy atom. The molecule has 0 aliphatic heterocycles. The van der Waals surface area contributed by atoms with Gasteiger partial charge in [0, 0.05) is 6.04 Å². The number of rotatable bonds is 7. The molecule has 1 N–H and O–H groups in total. The molecule has 0 amide bonds. The van der Waals surface area contributed by atoms with Crippen molar-refractivity contribution in [2.45, 2.75) is 53.5 Å². The monoisotopic (exact) mass is 249 g/mol. The zero-order valence-electron chi connectivity index (χ0n) is 12.5. The van der Waals surface area contributed by atoms with Crippen LogP contribution in [0.5, 0.6) is 5.75 Å². The lowest BCUT2D eigenvalue weighted by atomic mass is 10.1. The molecule has 0 spiro atoms. The Morgan fingerprint density at radius 3 is 2.50 bits per heavy atom. The standard InChI is InChI=1S/C16H27NO/c1-12(2)17-8-6-7-9-18-16-11-13(3)10-14(4)15(16)5/h10-12,17H,6-9H2,1-5H3. The summed E-state index contributed by atoms with van der Waals surface area (Å²) in [4.78, 5) is 0. The van der Waals surface area contributed by atoms with E-state index in [9.17, 15) is 0 Å². The van der Waals surface area contributed by atoms with Crippen molar-refractivity contribution >= 4 is 0 Å². The van der Waals surface area contributed by atoms with Gasteiger partial charge in [0.1, 0.15) is 5.75 Å². The van der Waals surface area contributed by atoms with Crippen LogP contribution in [0.4, 0.5) is 0 Å². The highest BCUT2D eigenvalue weighted by Gasteiger charge is 2.03. The molecule has 0 heterocycles. The van der Waals surface area contributed by atoms with Crippen molar-refractivity contribution in [2.24, 2.45) is 0 Å². The van der Waals surface area contributed by atoms with Gasteiger partial charge in [-0.25, -0.2) is 0 Å². The number of hydrogen-bond donors (Lipinski definition) is 1. The Hall–Kier alpha value is -1.02. The minimum Gasteiger partial charge on any atom is -0.493 e. The van der Waals surface area contributed by atoms with Gasteiger partial charge in [-0.1, -0.05) is 19.9 Å². The van der Waals surface area contributed by atoms with E-state index in [4.69, 9.17) is 4.74 Å². The molecule has 2 nitrogen and oxygen atoms in total. The lowest BCUT2D eigenvalue weighted by Gasteiger charge is -2.13. The molecule has 1 rings (SSSR count). The molecule has 2 heteroatoms. The number of nitrogens with one attached hydrogen (secondary N) is 1. The first-order valence-corrected chi connectivity index (χ1v) is 6.94. The van der Waals surface area contributed by atoms with Crippen molar-refractivity contribution in [1.82, 2.24) is 5.32 Å². The van der Waals surface area contributed by atoms with E-state index in [0.717, 1.165) is 25.3 Å². The van der Waals surface area contributed by atoms with E-state index in [1.165, 1.54) is 23.1 Å². The van der Waals surface area contributed by atoms with Crippen molar-refractivity contribution in [1.29, 1.82) is 0 Å². The van der Waals surface area contributed by atoms with Crippen LogP contribution in [0.1, 0.15) is 43.4 Å². The summed E-state index contributed by atoms with van der Waals surface area (Å²) < 4.78 is 5.88. The lowest BCUT2D eigenvalue weighted by Crippen LogP contribution is -2.23. The smallest absolute Gasteiger partial charge is 0.122 e. The van der Waals surface area contributed by atoms with Gasteiger partial charge < -0.3 is 10.1 Å². The van der Waals surface area contributed by atoms with Crippen LogP contribution in [0.25, 0.3) is 0 Å². The van der Waals surface area contributed by atoms with E-state index in [1.54, 1.807) is 0 Å². The highest BCUT2D eigenvalue weighted by molar-refractivity contribution is 5.41. The van der Waals surface area contributed by atoms with E-state index in [-0.39, 0.29) is 0 Å². The fourth-order valence-corrected chi connectivity index (χ4v) is 1.95. The fourth-order valence-electron chi connectivity index (χ4n) is 1.95. The maximum Gasteiger partial charge on any atom is 0.122 e. The molecule has 0 radical (unpaired) electrons. The maximum atomic E-state index is 5.88. The highest BCUT2D eigenvalue weighted by Crippen LogP contribution is 2.23. The number of hydrogen-bond acceptors (Lipinski definition) is 2. The van der Waals surface area contributed by atoms with Crippen LogP contribution in [0, 0.1) is 20.8 Å². The van der Waals surface area contributed by atoms with Gasteiger partial charge in [-0.2, -0.15) is 0 Å². The third kappa shape index (κ3) is 5.09. The maximum absolute atomic E-state index is 5.88. The minimum absolute atomic E-state index is 0.576. The zero-order chi connectivity index (χ0) is 13.5. The van der Waals surface area contributed by atoms with Crippen molar-refractivity contribution in [2.75, 3.05) is 13.2 Å². The van der Waals surface area contributed by atoms with Gasteiger partial charge in [0.15, 0.2) is 0 Å². The molecule has 1 aromatic carbocycles. The van der Waals surface area contributed by atoms with Gasteiger partial charge in [-0.05, 0) is 62.9 Å². The van der Waals surface area contributed by atoms with E-state index < -0.39 is 0 Å². The number of ether oxygens (including phenoxy) is 1. The van der Waals surface area contributed by atoms with E-state index in [0.29, 0.717) is 6.04 Å². The molecule has 0 aromatic heterocycles. The fraction of sp³-hybridized carbons (Fsp3) is 0.625. The second-order valence-corrected chi connectivity index (χ2v) is 5.37. The summed E-state index contributed by atoms with van der Waals surface area (Å²) in [6.45, 7) is 12.6. The molecular formula is C16H27NO. The molecular weight excluding hydrogens is 222 g/mol. The minimum atomic E-state index is 0.576. The molecule has 0 unspecified atom stereocenters. The van der Waals surface area contributed by atoms with Crippen LogP contribution >= 0.6 is 0 Å². The molecule has 0 bridgehead atoms. The van der Waals surface area contributed by atoms with Crippen molar-refractivity contribution in [3.8, 4) is 5.75 Å². The Kier molecular flexibility index (Phi) is 6.20. The lowest BCUT2D eigenvalue weighted by molar-refractivity contribution is 0.302. The second-order valence-electron chi connectivity index (χ2n) is 5.37. The summed E-state index contributed by atoms with van der Waals surface area (Å²) in [6, 6.07) is 4.91. The number of aryl methyl sites for hydroxylation is 2. The van der Waals surface area contributed by atoms with Gasteiger partial charge in [-0.15, -0.1) is 0 Å². The van der Waals surface area contributed by atoms with Crippen LogP contribution in [0.2, 0.25) is 0 Å². The topological polar surface area (TPSA) is 21.3 Å². The highest BCUT2D eigenvalue weighted by atomic mass is 16.5. The SMILES string of the molecule is Cc1cc(C)c(C)c(OCCCCNC(C)C)c1. The molecule has 0 saturated carbocycles. The second kappa shape index (κ2) is 7.42. The molecule has 0 aliphatic carbocycles. The predicted octanol–water partition coefficient (Wildman–Crippen LogP) is 3.77. The Bertz CT molecular complexity index is 372. The molecule has 1 aromatic rings. The third-order valence-electron chi connectivity index (χ3n) is 3.15. The first kappa shape index (κ1) is 15.0. The van der Waals surface area contributed by atoms with Crippen LogP contribution in [0.3, 0.4) is 0 Å². The van der Waals surface area contributed by atoms with Crippen molar-refractivity contribution < 1.29 is 4.74 Å². The molecule has 0 fully saturated rings. The van der Waals surface area contributed by atoms with Crippen LogP contribution in [-0.2, 0) is 0 Å².